The fraction of sp³-hybridized carbons (Fsp3) is 0. The monoisotopic (exact) mass is 371 g/mol. The molecule has 6 nitrogen and oxygen atoms in total. The van der Waals surface area contributed by atoms with Gasteiger partial charge in [-0.2, -0.15) is 10.4 Å². The van der Waals surface area contributed by atoms with Gasteiger partial charge in [0, 0.05) is 15.7 Å². The topological polar surface area (TPSA) is 96.7 Å². The van der Waals surface area contributed by atoms with Crippen molar-refractivity contribution in [3.05, 3.63) is 69.8 Å². The van der Waals surface area contributed by atoms with Gasteiger partial charge in [-0.15, -0.1) is 0 Å². The number of rotatable bonds is 3. The minimum atomic E-state index is -0.543. The number of nitrogens with one attached hydrogen (secondary N) is 1. The van der Waals surface area contributed by atoms with Crippen LogP contribution in [0.5, 0.6) is 0 Å². The van der Waals surface area contributed by atoms with Gasteiger partial charge in [-0.25, -0.2) is 4.68 Å². The van der Waals surface area contributed by atoms with Crippen molar-refractivity contribution in [1.82, 2.24) is 9.78 Å². The molecule has 1 amide bonds. The normalized spacial score (nSPS) is 10.3. The molecule has 2 aromatic carbocycles. The quantitative estimate of drug-likeness (QED) is 0.729. The Hall–Kier alpha value is -3.01. The third kappa shape index (κ3) is 3.43. The van der Waals surface area contributed by atoms with E-state index in [1.165, 1.54) is 4.68 Å². The first-order valence-electron chi connectivity index (χ1n) is 7.11. The van der Waals surface area contributed by atoms with E-state index in [0.717, 1.165) is 0 Å². The molecule has 0 bridgehead atoms. The van der Waals surface area contributed by atoms with Crippen molar-refractivity contribution < 1.29 is 4.79 Å². The minimum Gasteiger partial charge on any atom is -0.382 e. The van der Waals surface area contributed by atoms with E-state index in [1.54, 1.807) is 48.5 Å². The molecule has 8 heteroatoms. The number of anilines is 2. The Bertz CT molecular complexity index is 972. The number of benzene rings is 2. The molecule has 124 valence electrons. The molecule has 3 rings (SSSR count). The second-order valence-electron chi connectivity index (χ2n) is 5.07. The summed E-state index contributed by atoms with van der Waals surface area (Å²) in [5.74, 6) is -0.468. The van der Waals surface area contributed by atoms with Crippen LogP contribution in [0.1, 0.15) is 16.1 Å². The molecule has 0 atom stereocenters. The minimum absolute atomic E-state index is 0.00131. The summed E-state index contributed by atoms with van der Waals surface area (Å²) in [5, 5.41) is 17.3. The Labute approximate surface area is 153 Å². The van der Waals surface area contributed by atoms with Crippen LogP contribution in [0.15, 0.2) is 48.5 Å². The Morgan fingerprint density at radius 2 is 1.64 bits per heavy atom. The summed E-state index contributed by atoms with van der Waals surface area (Å²) in [7, 11) is 0. The maximum absolute atomic E-state index is 12.5. The summed E-state index contributed by atoms with van der Waals surface area (Å²) >= 11 is 11.7. The molecule has 0 radical (unpaired) electrons. The number of nitrogens with zero attached hydrogens (tertiary/aromatic N) is 3. The first-order chi connectivity index (χ1) is 12.0. The highest BCUT2D eigenvalue weighted by Gasteiger charge is 2.22. The van der Waals surface area contributed by atoms with Crippen molar-refractivity contribution in [2.45, 2.75) is 0 Å². The highest BCUT2D eigenvalue weighted by Crippen LogP contribution is 2.23. The number of hydrogen-bond acceptors (Lipinski definition) is 4. The van der Waals surface area contributed by atoms with Crippen LogP contribution in [-0.4, -0.2) is 15.7 Å². The summed E-state index contributed by atoms with van der Waals surface area (Å²) in [6.45, 7) is 0. The van der Waals surface area contributed by atoms with E-state index in [0.29, 0.717) is 21.4 Å². The molecule has 0 aliphatic heterocycles. The van der Waals surface area contributed by atoms with Crippen molar-refractivity contribution in [3.63, 3.8) is 0 Å². The summed E-state index contributed by atoms with van der Waals surface area (Å²) in [6, 6.07) is 15.2. The Morgan fingerprint density at radius 3 is 2.20 bits per heavy atom. The average molecular weight is 372 g/mol. The van der Waals surface area contributed by atoms with Gasteiger partial charge in [-0.1, -0.05) is 23.2 Å². The zero-order chi connectivity index (χ0) is 18.0. The predicted octanol–water partition coefficient (Wildman–Crippen LogP) is 3.89. The number of hydrogen-bond donors (Lipinski definition) is 2. The van der Waals surface area contributed by atoms with Crippen molar-refractivity contribution in [2.75, 3.05) is 11.1 Å². The second kappa shape index (κ2) is 6.85. The van der Waals surface area contributed by atoms with E-state index in [-0.39, 0.29) is 17.1 Å². The molecule has 0 saturated carbocycles. The Balaban J connectivity index is 1.97. The van der Waals surface area contributed by atoms with E-state index in [4.69, 9.17) is 28.9 Å². The number of nitriles is 1. The van der Waals surface area contributed by atoms with Crippen LogP contribution in [0, 0.1) is 11.3 Å². The lowest BCUT2D eigenvalue weighted by atomic mass is 10.2. The first kappa shape index (κ1) is 16.8. The van der Waals surface area contributed by atoms with Crippen LogP contribution in [0.3, 0.4) is 0 Å². The molecule has 0 aliphatic carbocycles. The summed E-state index contributed by atoms with van der Waals surface area (Å²) in [6.07, 6.45) is 0. The number of carbonyl (C=O) groups is 1. The van der Waals surface area contributed by atoms with Gasteiger partial charge in [-0.05, 0) is 48.5 Å². The van der Waals surface area contributed by atoms with Gasteiger partial charge in [0.05, 0.1) is 5.69 Å². The average Bonchev–Trinajstić information content (AvgIpc) is 2.94. The van der Waals surface area contributed by atoms with Gasteiger partial charge < -0.3 is 11.1 Å². The van der Waals surface area contributed by atoms with Crippen LogP contribution in [-0.2, 0) is 0 Å². The van der Waals surface area contributed by atoms with Crippen LogP contribution >= 0.6 is 23.2 Å². The van der Waals surface area contributed by atoms with E-state index >= 15 is 0 Å². The lowest BCUT2D eigenvalue weighted by Gasteiger charge is -2.04. The fourth-order valence-electron chi connectivity index (χ4n) is 2.20. The molecule has 3 aromatic rings. The third-order valence-electron chi connectivity index (χ3n) is 3.42. The molecular formula is C17H11Cl2N5O. The van der Waals surface area contributed by atoms with E-state index in [9.17, 15) is 10.1 Å². The van der Waals surface area contributed by atoms with Crippen molar-refractivity contribution in [3.8, 4) is 11.8 Å². The Kier molecular flexibility index (Phi) is 4.61. The standard InChI is InChI=1S/C17H11Cl2N5O/c18-10-1-5-12(6-2-10)22-17(25)15-14(9-20)16(21)24(23-15)13-7-3-11(19)4-8-13/h1-8H,21H2,(H,22,25). The number of amides is 1. The van der Waals surface area contributed by atoms with Gasteiger partial charge in [-0.3, -0.25) is 4.79 Å². The maximum atomic E-state index is 12.5. The molecule has 0 aliphatic rings. The summed E-state index contributed by atoms with van der Waals surface area (Å²) < 4.78 is 1.33. The van der Waals surface area contributed by atoms with Crippen molar-refractivity contribution >= 4 is 40.6 Å². The zero-order valence-electron chi connectivity index (χ0n) is 12.7. The number of nitrogen functional groups attached to an aromatic ring is 1. The smallest absolute Gasteiger partial charge is 0.277 e. The molecule has 1 heterocycles. The second-order valence-corrected chi connectivity index (χ2v) is 5.94. The molecule has 3 N–H and O–H groups in total. The number of carbonyl (C=O) groups excluding carboxylic acids is 1. The molecule has 0 saturated heterocycles. The van der Waals surface area contributed by atoms with Crippen LogP contribution < -0.4 is 11.1 Å². The highest BCUT2D eigenvalue weighted by molar-refractivity contribution is 6.30. The van der Waals surface area contributed by atoms with Gasteiger partial charge >= 0.3 is 0 Å². The molecule has 0 fully saturated rings. The van der Waals surface area contributed by atoms with Crippen LogP contribution in [0.25, 0.3) is 5.69 Å². The number of nitrogens with two attached hydrogens (primary N) is 1. The lowest BCUT2D eigenvalue weighted by Crippen LogP contribution is -2.14. The third-order valence-corrected chi connectivity index (χ3v) is 3.93. The lowest BCUT2D eigenvalue weighted by molar-refractivity contribution is 0.102. The van der Waals surface area contributed by atoms with Crippen LogP contribution in [0.4, 0.5) is 11.5 Å². The first-order valence-corrected chi connectivity index (χ1v) is 7.86. The SMILES string of the molecule is N#Cc1c(C(=O)Nc2ccc(Cl)cc2)nn(-c2ccc(Cl)cc2)c1N. The van der Waals surface area contributed by atoms with Gasteiger partial charge in [0.2, 0.25) is 0 Å². The van der Waals surface area contributed by atoms with E-state index < -0.39 is 5.91 Å². The molecular weight excluding hydrogens is 361 g/mol. The zero-order valence-corrected chi connectivity index (χ0v) is 14.2. The van der Waals surface area contributed by atoms with Gasteiger partial charge in [0.25, 0.3) is 5.91 Å². The summed E-state index contributed by atoms with van der Waals surface area (Å²) in [4.78, 5) is 12.5. The van der Waals surface area contributed by atoms with E-state index in [1.807, 2.05) is 6.07 Å². The van der Waals surface area contributed by atoms with E-state index in [2.05, 4.69) is 10.4 Å². The molecule has 1 aromatic heterocycles. The maximum Gasteiger partial charge on any atom is 0.277 e. The largest absolute Gasteiger partial charge is 0.382 e. The molecule has 0 unspecified atom stereocenters. The van der Waals surface area contributed by atoms with Crippen molar-refractivity contribution in [2.24, 2.45) is 0 Å². The molecule has 25 heavy (non-hydrogen) atoms. The summed E-state index contributed by atoms with van der Waals surface area (Å²) in [5.41, 5.74) is 7.03. The van der Waals surface area contributed by atoms with Gasteiger partial charge in [0.15, 0.2) is 5.69 Å². The highest BCUT2D eigenvalue weighted by atomic mass is 35.5. The Morgan fingerprint density at radius 1 is 1.08 bits per heavy atom. The molecule has 0 spiro atoms. The fourth-order valence-corrected chi connectivity index (χ4v) is 2.45. The van der Waals surface area contributed by atoms with Gasteiger partial charge in [0.1, 0.15) is 17.5 Å². The number of halogens is 2. The van der Waals surface area contributed by atoms with Crippen molar-refractivity contribution in [1.29, 1.82) is 5.26 Å². The predicted molar refractivity (Wildman–Crippen MR) is 97.1 cm³/mol. The number of aromatic nitrogens is 2. The van der Waals surface area contributed by atoms with Crippen LogP contribution in [0.2, 0.25) is 10.0 Å².